The maximum atomic E-state index is 5.37. The van der Waals surface area contributed by atoms with Crippen molar-refractivity contribution < 1.29 is 4.42 Å². The Hall–Kier alpha value is -1.97. The Labute approximate surface area is 81.4 Å². The molecule has 0 amide bonds. The minimum atomic E-state index is 0.313. The zero-order chi connectivity index (χ0) is 10.1. The maximum absolute atomic E-state index is 5.37. The van der Waals surface area contributed by atoms with Gasteiger partial charge in [-0.05, 0) is 24.6 Å². The predicted octanol–water partition coefficient (Wildman–Crippen LogP) is 1.98. The fraction of sp³-hybridized carbons (Fsp3) is 0.100. The summed E-state index contributed by atoms with van der Waals surface area (Å²) in [5.74, 6) is 0.313. The molecule has 3 N–H and O–H groups in total. The van der Waals surface area contributed by atoms with Crippen LogP contribution in [0.4, 0.5) is 6.01 Å². The fourth-order valence-electron chi connectivity index (χ4n) is 1.23. The third-order valence-corrected chi connectivity index (χ3v) is 1.81. The molecule has 0 atom stereocenters. The van der Waals surface area contributed by atoms with E-state index < -0.39 is 0 Å². The third-order valence-electron chi connectivity index (χ3n) is 1.81. The van der Waals surface area contributed by atoms with Crippen LogP contribution in [0.2, 0.25) is 0 Å². The van der Waals surface area contributed by atoms with Gasteiger partial charge in [0.1, 0.15) is 5.52 Å². The molecule has 1 aromatic heterocycles. The van der Waals surface area contributed by atoms with Crippen molar-refractivity contribution in [1.29, 1.82) is 0 Å². The van der Waals surface area contributed by atoms with Gasteiger partial charge in [-0.2, -0.15) is 4.98 Å². The molecule has 0 spiro atoms. The normalized spacial score (nSPS) is 10.4. The lowest BCUT2D eigenvalue weighted by Crippen LogP contribution is -2.06. The summed E-state index contributed by atoms with van der Waals surface area (Å²) < 4.78 is 5.37. The average Bonchev–Trinajstić information content (AvgIpc) is 2.44. The van der Waals surface area contributed by atoms with Crippen molar-refractivity contribution in [1.82, 2.24) is 4.98 Å². The van der Waals surface area contributed by atoms with Gasteiger partial charge in [0.15, 0.2) is 5.58 Å². The molecule has 0 saturated carbocycles. The highest BCUT2D eigenvalue weighted by molar-refractivity contribution is 5.75. The van der Waals surface area contributed by atoms with Gasteiger partial charge < -0.3 is 10.2 Å². The molecule has 4 heteroatoms. The Balaban J connectivity index is 2.46. The van der Waals surface area contributed by atoms with Crippen molar-refractivity contribution in [2.24, 2.45) is 5.73 Å². The number of nitrogens with zero attached hydrogens (tertiary/aromatic N) is 1. The molecule has 72 valence electrons. The number of hydrogen-bond donors (Lipinski definition) is 2. The standard InChI is InChI=1S/C10H11N3O/c1-6-3-4-9-8(5-6)13-10(14-9)12-7(2)11/h3-5H,2,11H2,1H3,(H,12,13). The molecule has 2 rings (SSSR count). The Kier molecular flexibility index (Phi) is 1.89. The van der Waals surface area contributed by atoms with Gasteiger partial charge in [0.05, 0.1) is 5.82 Å². The Morgan fingerprint density at radius 3 is 3.07 bits per heavy atom. The summed E-state index contributed by atoms with van der Waals surface area (Å²) in [6.07, 6.45) is 0. The number of benzene rings is 1. The SMILES string of the molecule is C=C(N)Nc1nc2cc(C)ccc2o1. The lowest BCUT2D eigenvalue weighted by Gasteiger charge is -1.95. The van der Waals surface area contributed by atoms with Crippen molar-refractivity contribution in [3.05, 3.63) is 36.2 Å². The van der Waals surface area contributed by atoms with E-state index in [1.807, 2.05) is 25.1 Å². The van der Waals surface area contributed by atoms with Crippen LogP contribution < -0.4 is 11.1 Å². The monoisotopic (exact) mass is 189 g/mol. The average molecular weight is 189 g/mol. The van der Waals surface area contributed by atoms with E-state index in [2.05, 4.69) is 16.9 Å². The predicted molar refractivity (Wildman–Crippen MR) is 55.7 cm³/mol. The highest BCUT2D eigenvalue weighted by Gasteiger charge is 2.04. The fourth-order valence-corrected chi connectivity index (χ4v) is 1.23. The van der Waals surface area contributed by atoms with Crippen LogP contribution in [-0.2, 0) is 0 Å². The van der Waals surface area contributed by atoms with E-state index in [1.54, 1.807) is 0 Å². The molecule has 0 aliphatic carbocycles. The minimum Gasteiger partial charge on any atom is -0.423 e. The van der Waals surface area contributed by atoms with Crippen LogP contribution in [0.5, 0.6) is 0 Å². The van der Waals surface area contributed by atoms with E-state index in [0.29, 0.717) is 11.8 Å². The van der Waals surface area contributed by atoms with Crippen LogP contribution in [-0.4, -0.2) is 4.98 Å². The number of nitrogens with one attached hydrogen (secondary N) is 1. The van der Waals surface area contributed by atoms with Gasteiger partial charge in [-0.15, -0.1) is 0 Å². The first-order chi connectivity index (χ1) is 6.65. The number of hydrogen-bond acceptors (Lipinski definition) is 4. The van der Waals surface area contributed by atoms with Gasteiger partial charge >= 0.3 is 6.01 Å². The number of fused-ring (bicyclic) bond motifs is 1. The Morgan fingerprint density at radius 1 is 1.57 bits per heavy atom. The molecule has 2 aromatic rings. The van der Waals surface area contributed by atoms with E-state index in [1.165, 1.54) is 0 Å². The number of oxazole rings is 1. The lowest BCUT2D eigenvalue weighted by molar-refractivity contribution is 0.620. The van der Waals surface area contributed by atoms with E-state index in [-0.39, 0.29) is 0 Å². The molecule has 1 aromatic carbocycles. The zero-order valence-corrected chi connectivity index (χ0v) is 7.87. The van der Waals surface area contributed by atoms with Crippen molar-refractivity contribution >= 4 is 17.1 Å². The molecule has 14 heavy (non-hydrogen) atoms. The molecule has 0 aliphatic heterocycles. The molecule has 0 bridgehead atoms. The molecule has 0 unspecified atom stereocenters. The zero-order valence-electron chi connectivity index (χ0n) is 7.87. The first kappa shape index (κ1) is 8.62. The number of nitrogens with two attached hydrogens (primary N) is 1. The van der Waals surface area contributed by atoms with Gasteiger partial charge in [0.25, 0.3) is 0 Å². The van der Waals surface area contributed by atoms with Gasteiger partial charge in [-0.1, -0.05) is 12.6 Å². The summed E-state index contributed by atoms with van der Waals surface area (Å²) in [5, 5.41) is 2.72. The molecule has 4 nitrogen and oxygen atoms in total. The summed E-state index contributed by atoms with van der Waals surface area (Å²) in [4.78, 5) is 4.20. The van der Waals surface area contributed by atoms with Crippen LogP contribution in [0.15, 0.2) is 35.0 Å². The van der Waals surface area contributed by atoms with Crippen LogP contribution in [0.1, 0.15) is 5.56 Å². The van der Waals surface area contributed by atoms with Gasteiger partial charge in [0, 0.05) is 0 Å². The largest absolute Gasteiger partial charge is 0.423 e. The minimum absolute atomic E-state index is 0.313. The molecular formula is C10H11N3O. The third kappa shape index (κ3) is 1.54. The van der Waals surface area contributed by atoms with E-state index in [4.69, 9.17) is 10.2 Å². The van der Waals surface area contributed by atoms with E-state index >= 15 is 0 Å². The topological polar surface area (TPSA) is 64.1 Å². The summed E-state index contributed by atoms with van der Waals surface area (Å²) in [6.45, 7) is 5.51. The van der Waals surface area contributed by atoms with Crippen molar-refractivity contribution in [2.45, 2.75) is 6.92 Å². The van der Waals surface area contributed by atoms with Crippen molar-refractivity contribution in [3.63, 3.8) is 0 Å². The van der Waals surface area contributed by atoms with Crippen LogP contribution in [0, 0.1) is 6.92 Å². The quantitative estimate of drug-likeness (QED) is 0.758. The number of anilines is 1. The van der Waals surface area contributed by atoms with Crippen LogP contribution >= 0.6 is 0 Å². The van der Waals surface area contributed by atoms with Gasteiger partial charge in [0.2, 0.25) is 0 Å². The first-order valence-corrected chi connectivity index (χ1v) is 4.24. The highest BCUT2D eigenvalue weighted by Crippen LogP contribution is 2.19. The van der Waals surface area contributed by atoms with Crippen molar-refractivity contribution in [3.8, 4) is 0 Å². The molecule has 0 aliphatic rings. The number of aryl methyl sites for hydroxylation is 1. The summed E-state index contributed by atoms with van der Waals surface area (Å²) in [5.41, 5.74) is 8.06. The second-order valence-corrected chi connectivity index (χ2v) is 3.14. The van der Waals surface area contributed by atoms with Gasteiger partial charge in [-0.25, -0.2) is 0 Å². The number of aromatic nitrogens is 1. The number of rotatable bonds is 2. The smallest absolute Gasteiger partial charge is 0.301 e. The molecular weight excluding hydrogens is 178 g/mol. The Bertz CT molecular complexity index is 487. The second-order valence-electron chi connectivity index (χ2n) is 3.14. The van der Waals surface area contributed by atoms with Crippen LogP contribution in [0.3, 0.4) is 0 Å². The molecule has 0 saturated heterocycles. The lowest BCUT2D eigenvalue weighted by atomic mass is 10.2. The Morgan fingerprint density at radius 2 is 2.36 bits per heavy atom. The summed E-state index contributed by atoms with van der Waals surface area (Å²) in [7, 11) is 0. The first-order valence-electron chi connectivity index (χ1n) is 4.24. The van der Waals surface area contributed by atoms with E-state index in [0.717, 1.165) is 16.7 Å². The highest BCUT2D eigenvalue weighted by atomic mass is 16.4. The van der Waals surface area contributed by atoms with Crippen LogP contribution in [0.25, 0.3) is 11.1 Å². The molecule has 0 fully saturated rings. The molecule has 1 heterocycles. The van der Waals surface area contributed by atoms with Gasteiger partial charge in [-0.3, -0.25) is 5.32 Å². The summed E-state index contributed by atoms with van der Waals surface area (Å²) >= 11 is 0. The van der Waals surface area contributed by atoms with E-state index in [9.17, 15) is 0 Å². The summed E-state index contributed by atoms with van der Waals surface area (Å²) in [6, 6.07) is 6.16. The molecule has 0 radical (unpaired) electrons. The van der Waals surface area contributed by atoms with Crippen molar-refractivity contribution in [2.75, 3.05) is 5.32 Å². The second kappa shape index (κ2) is 3.06. The maximum Gasteiger partial charge on any atom is 0.301 e.